The molecule has 4 nitrogen and oxygen atoms in total. The van der Waals surface area contributed by atoms with Crippen LogP contribution in [-0.2, 0) is 4.79 Å². The average Bonchev–Trinajstić information content (AvgIpc) is 2.25. The summed E-state index contributed by atoms with van der Waals surface area (Å²) in [5, 5.41) is 2.68. The molecule has 0 aliphatic heterocycles. The molecule has 1 unspecified atom stereocenters. The maximum Gasteiger partial charge on any atom is 0.258 e. The fraction of sp³-hybridized carbons (Fsp3) is 0.462. The highest BCUT2D eigenvalue weighted by Gasteiger charge is 2.09. The second-order valence-corrected chi connectivity index (χ2v) is 4.48. The van der Waals surface area contributed by atoms with E-state index in [0.29, 0.717) is 11.3 Å². The summed E-state index contributed by atoms with van der Waals surface area (Å²) < 4.78 is 18.8. The van der Waals surface area contributed by atoms with Gasteiger partial charge in [0.15, 0.2) is 6.61 Å². The monoisotopic (exact) mass is 254 g/mol. The van der Waals surface area contributed by atoms with Crippen molar-refractivity contribution in [2.45, 2.75) is 32.9 Å². The molecule has 0 saturated carbocycles. The number of hydrogen-bond donors (Lipinski definition) is 2. The lowest BCUT2D eigenvalue weighted by molar-refractivity contribution is -0.123. The molecule has 1 aromatic rings. The number of carbonyl (C=O) groups is 1. The number of rotatable bonds is 5. The summed E-state index contributed by atoms with van der Waals surface area (Å²) in [7, 11) is 0. The average molecular weight is 254 g/mol. The highest BCUT2D eigenvalue weighted by Crippen LogP contribution is 2.20. The summed E-state index contributed by atoms with van der Waals surface area (Å²) >= 11 is 0. The Morgan fingerprint density at radius 1 is 1.44 bits per heavy atom. The number of nitrogens with two attached hydrogens (primary N) is 1. The number of amides is 1. The van der Waals surface area contributed by atoms with E-state index in [9.17, 15) is 9.18 Å². The molecule has 0 saturated heterocycles. The lowest BCUT2D eigenvalue weighted by Crippen LogP contribution is -2.34. The molecule has 0 bridgehead atoms. The van der Waals surface area contributed by atoms with E-state index in [4.69, 9.17) is 10.5 Å². The molecule has 1 amide bonds. The lowest BCUT2D eigenvalue weighted by Gasteiger charge is -2.11. The summed E-state index contributed by atoms with van der Waals surface area (Å²) in [6.45, 7) is 5.29. The number of benzene rings is 1. The van der Waals surface area contributed by atoms with E-state index in [2.05, 4.69) is 5.32 Å². The van der Waals surface area contributed by atoms with Crippen molar-refractivity contribution in [3.63, 3.8) is 0 Å². The van der Waals surface area contributed by atoms with Gasteiger partial charge in [0.25, 0.3) is 5.91 Å². The molecule has 0 fully saturated rings. The van der Waals surface area contributed by atoms with E-state index in [1.807, 2.05) is 13.8 Å². The Labute approximate surface area is 106 Å². The molecular weight excluding hydrogens is 235 g/mol. The van der Waals surface area contributed by atoms with Crippen LogP contribution in [0, 0.1) is 5.82 Å². The molecule has 5 heteroatoms. The van der Waals surface area contributed by atoms with Crippen LogP contribution < -0.4 is 15.8 Å². The fourth-order valence-electron chi connectivity index (χ4n) is 1.48. The molecular formula is C13H19FN2O2. The van der Waals surface area contributed by atoms with Crippen LogP contribution in [0.4, 0.5) is 4.39 Å². The number of halogens is 1. The highest BCUT2D eigenvalue weighted by atomic mass is 19.1. The van der Waals surface area contributed by atoms with E-state index in [1.165, 1.54) is 6.07 Å². The molecule has 100 valence electrons. The minimum absolute atomic E-state index is 0.0540. The van der Waals surface area contributed by atoms with Crippen LogP contribution in [0.25, 0.3) is 0 Å². The lowest BCUT2D eigenvalue weighted by atomic mass is 10.1. The van der Waals surface area contributed by atoms with Gasteiger partial charge in [-0.1, -0.05) is 6.07 Å². The molecule has 18 heavy (non-hydrogen) atoms. The van der Waals surface area contributed by atoms with Crippen molar-refractivity contribution in [2.24, 2.45) is 5.73 Å². The Kier molecular flexibility index (Phi) is 5.09. The van der Waals surface area contributed by atoms with Gasteiger partial charge in [-0.3, -0.25) is 4.79 Å². The highest BCUT2D eigenvalue weighted by molar-refractivity contribution is 5.77. The van der Waals surface area contributed by atoms with Gasteiger partial charge in [-0.2, -0.15) is 0 Å². The maximum absolute atomic E-state index is 13.6. The van der Waals surface area contributed by atoms with Gasteiger partial charge in [-0.25, -0.2) is 4.39 Å². The van der Waals surface area contributed by atoms with Crippen LogP contribution in [-0.4, -0.2) is 18.6 Å². The summed E-state index contributed by atoms with van der Waals surface area (Å²) in [5.41, 5.74) is 6.02. The first kappa shape index (κ1) is 14.4. The molecule has 0 heterocycles. The topological polar surface area (TPSA) is 64.3 Å². The van der Waals surface area contributed by atoms with Crippen molar-refractivity contribution < 1.29 is 13.9 Å². The summed E-state index contributed by atoms with van der Waals surface area (Å²) in [5.74, 6) is -0.343. The van der Waals surface area contributed by atoms with Gasteiger partial charge in [0.05, 0.1) is 0 Å². The third kappa shape index (κ3) is 4.33. The molecule has 1 rings (SSSR count). The second-order valence-electron chi connectivity index (χ2n) is 4.48. The number of hydrogen-bond acceptors (Lipinski definition) is 3. The maximum atomic E-state index is 13.6. The Hall–Kier alpha value is -1.62. The number of nitrogens with one attached hydrogen (secondary N) is 1. The first-order chi connectivity index (χ1) is 8.40. The molecule has 0 aliphatic rings. The first-order valence-electron chi connectivity index (χ1n) is 5.87. The van der Waals surface area contributed by atoms with Gasteiger partial charge in [0.1, 0.15) is 11.6 Å². The largest absolute Gasteiger partial charge is 0.484 e. The number of carbonyl (C=O) groups excluding carboxylic acids is 1. The summed E-state index contributed by atoms with van der Waals surface area (Å²) in [6.07, 6.45) is 0. The van der Waals surface area contributed by atoms with E-state index < -0.39 is 5.82 Å². The van der Waals surface area contributed by atoms with E-state index in [0.717, 1.165) is 0 Å². The van der Waals surface area contributed by atoms with Crippen molar-refractivity contribution in [1.29, 1.82) is 0 Å². The molecule has 3 N–H and O–H groups in total. The minimum Gasteiger partial charge on any atom is -0.484 e. The second kappa shape index (κ2) is 6.35. The first-order valence-corrected chi connectivity index (χ1v) is 5.87. The predicted octanol–water partition coefficient (Wildman–Crippen LogP) is 1.75. The Balaban J connectivity index is 2.59. The van der Waals surface area contributed by atoms with Gasteiger partial charge < -0.3 is 15.8 Å². The third-order valence-corrected chi connectivity index (χ3v) is 2.28. The van der Waals surface area contributed by atoms with Crippen LogP contribution in [0.2, 0.25) is 0 Å². The molecule has 1 aromatic carbocycles. The van der Waals surface area contributed by atoms with E-state index in [1.54, 1.807) is 19.1 Å². The van der Waals surface area contributed by atoms with Crippen LogP contribution >= 0.6 is 0 Å². The molecule has 1 atom stereocenters. The van der Waals surface area contributed by atoms with Crippen molar-refractivity contribution in [3.05, 3.63) is 29.6 Å². The summed E-state index contributed by atoms with van der Waals surface area (Å²) in [4.78, 5) is 11.3. The third-order valence-electron chi connectivity index (χ3n) is 2.28. The zero-order valence-electron chi connectivity index (χ0n) is 10.9. The summed E-state index contributed by atoms with van der Waals surface area (Å²) in [6, 6.07) is 4.09. The normalized spacial score (nSPS) is 12.3. The van der Waals surface area contributed by atoms with Gasteiger partial charge >= 0.3 is 0 Å². The zero-order valence-corrected chi connectivity index (χ0v) is 10.9. The van der Waals surface area contributed by atoms with Crippen molar-refractivity contribution in [3.8, 4) is 5.75 Å². The molecule has 0 aromatic heterocycles. The Bertz CT molecular complexity index is 419. The van der Waals surface area contributed by atoms with E-state index in [-0.39, 0.29) is 24.6 Å². The molecule has 0 spiro atoms. The smallest absolute Gasteiger partial charge is 0.258 e. The van der Waals surface area contributed by atoms with Crippen molar-refractivity contribution in [2.75, 3.05) is 6.61 Å². The van der Waals surface area contributed by atoms with Crippen LogP contribution in [0.5, 0.6) is 5.75 Å². The Morgan fingerprint density at radius 2 is 2.11 bits per heavy atom. The molecule has 0 aliphatic carbocycles. The fourth-order valence-corrected chi connectivity index (χ4v) is 1.48. The number of ether oxygens (including phenoxy) is 1. The molecule has 0 radical (unpaired) electrons. The van der Waals surface area contributed by atoms with Crippen molar-refractivity contribution >= 4 is 5.91 Å². The quantitative estimate of drug-likeness (QED) is 0.841. The van der Waals surface area contributed by atoms with Gasteiger partial charge in [0, 0.05) is 23.7 Å². The van der Waals surface area contributed by atoms with Crippen LogP contribution in [0.3, 0.4) is 0 Å². The zero-order chi connectivity index (χ0) is 13.7. The van der Waals surface area contributed by atoms with Gasteiger partial charge in [0.2, 0.25) is 0 Å². The van der Waals surface area contributed by atoms with Crippen LogP contribution in [0.15, 0.2) is 18.2 Å². The van der Waals surface area contributed by atoms with Crippen LogP contribution in [0.1, 0.15) is 32.4 Å². The minimum atomic E-state index is -0.424. The van der Waals surface area contributed by atoms with Crippen molar-refractivity contribution in [1.82, 2.24) is 5.32 Å². The SMILES string of the molecule is CC(C)NC(=O)COc1ccc(C(C)N)c(F)c1. The standard InChI is InChI=1S/C13H19FN2O2/c1-8(2)16-13(17)7-18-10-4-5-11(9(3)15)12(14)6-10/h4-6,8-9H,7,15H2,1-3H3,(H,16,17). The Morgan fingerprint density at radius 3 is 2.61 bits per heavy atom. The van der Waals surface area contributed by atoms with Gasteiger partial charge in [-0.05, 0) is 26.8 Å². The van der Waals surface area contributed by atoms with E-state index >= 15 is 0 Å². The predicted molar refractivity (Wildman–Crippen MR) is 67.8 cm³/mol. The van der Waals surface area contributed by atoms with Gasteiger partial charge in [-0.15, -0.1) is 0 Å².